The Bertz CT molecular complexity index is 440. The van der Waals surface area contributed by atoms with Gasteiger partial charge in [0.25, 0.3) is 0 Å². The van der Waals surface area contributed by atoms with Crippen LogP contribution in [-0.4, -0.2) is 24.0 Å². The highest BCUT2D eigenvalue weighted by atomic mass is 16.3. The van der Waals surface area contributed by atoms with Crippen LogP contribution in [0.4, 0.5) is 0 Å². The summed E-state index contributed by atoms with van der Waals surface area (Å²) in [5.74, 6) is 4.76. The lowest BCUT2D eigenvalue weighted by Crippen LogP contribution is -2.24. The van der Waals surface area contributed by atoms with Gasteiger partial charge in [0.05, 0.1) is 13.1 Å². The molecule has 0 aliphatic heterocycles. The Hall–Kier alpha value is -1.24. The predicted molar refractivity (Wildman–Crippen MR) is 77.7 cm³/mol. The Morgan fingerprint density at radius 2 is 2.32 bits per heavy atom. The lowest BCUT2D eigenvalue weighted by Gasteiger charge is -2.16. The maximum absolute atomic E-state index is 5.84. The zero-order valence-electron chi connectivity index (χ0n) is 12.0. The van der Waals surface area contributed by atoms with Crippen molar-refractivity contribution in [3.63, 3.8) is 0 Å². The highest BCUT2D eigenvalue weighted by Crippen LogP contribution is 2.21. The third-order valence-corrected chi connectivity index (χ3v) is 3.46. The number of hydrogen-bond acceptors (Lipinski definition) is 3. The first-order valence-corrected chi connectivity index (χ1v) is 7.20. The van der Waals surface area contributed by atoms with Crippen LogP contribution in [0.5, 0.6) is 0 Å². The van der Waals surface area contributed by atoms with Crippen molar-refractivity contribution in [1.29, 1.82) is 0 Å². The number of nitrogens with zero attached hydrogens (tertiary/aromatic N) is 1. The Morgan fingerprint density at radius 3 is 2.95 bits per heavy atom. The zero-order chi connectivity index (χ0) is 13.7. The van der Waals surface area contributed by atoms with Crippen molar-refractivity contribution in [2.24, 2.45) is 0 Å². The van der Waals surface area contributed by atoms with E-state index in [0.29, 0.717) is 6.54 Å². The molecule has 0 saturated heterocycles. The van der Waals surface area contributed by atoms with Crippen molar-refractivity contribution in [3.05, 3.63) is 23.2 Å². The minimum atomic E-state index is 0.684. The molecule has 2 rings (SSSR count). The van der Waals surface area contributed by atoms with E-state index in [0.717, 1.165) is 43.6 Å². The third kappa shape index (κ3) is 4.41. The molecular weight excluding hydrogens is 236 g/mol. The van der Waals surface area contributed by atoms with Gasteiger partial charge in [0, 0.05) is 18.2 Å². The number of rotatable bonds is 8. The first-order valence-electron chi connectivity index (χ1n) is 7.20. The molecule has 1 fully saturated rings. The van der Waals surface area contributed by atoms with Gasteiger partial charge in [0.2, 0.25) is 0 Å². The van der Waals surface area contributed by atoms with Gasteiger partial charge in [-0.3, -0.25) is 4.90 Å². The summed E-state index contributed by atoms with van der Waals surface area (Å²) in [6.45, 7) is 7.63. The van der Waals surface area contributed by atoms with Crippen molar-refractivity contribution < 1.29 is 4.42 Å². The molecule has 0 radical (unpaired) electrons. The number of terminal acetylenes is 1. The predicted octanol–water partition coefficient (Wildman–Crippen LogP) is 2.69. The zero-order valence-corrected chi connectivity index (χ0v) is 12.0. The smallest absolute Gasteiger partial charge is 0.118 e. The summed E-state index contributed by atoms with van der Waals surface area (Å²) in [5.41, 5.74) is 1.28. The van der Waals surface area contributed by atoms with Gasteiger partial charge in [-0.1, -0.05) is 12.8 Å². The largest absolute Gasteiger partial charge is 0.465 e. The quantitative estimate of drug-likeness (QED) is 0.728. The van der Waals surface area contributed by atoms with Gasteiger partial charge in [-0.05, 0) is 38.8 Å². The van der Waals surface area contributed by atoms with Crippen LogP contribution >= 0.6 is 0 Å². The van der Waals surface area contributed by atoms with E-state index in [1.807, 2.05) is 6.92 Å². The Labute approximate surface area is 116 Å². The van der Waals surface area contributed by atoms with E-state index in [-0.39, 0.29) is 0 Å². The number of furan rings is 1. The second kappa shape index (κ2) is 6.79. The molecule has 19 heavy (non-hydrogen) atoms. The van der Waals surface area contributed by atoms with Crippen molar-refractivity contribution in [2.45, 2.75) is 52.2 Å². The Balaban J connectivity index is 1.91. The van der Waals surface area contributed by atoms with Gasteiger partial charge in [-0.25, -0.2) is 0 Å². The molecule has 0 amide bonds. The Kier molecular flexibility index (Phi) is 5.07. The highest BCUT2D eigenvalue weighted by Gasteiger charge is 2.21. The Morgan fingerprint density at radius 1 is 1.53 bits per heavy atom. The third-order valence-electron chi connectivity index (χ3n) is 3.46. The highest BCUT2D eigenvalue weighted by molar-refractivity contribution is 5.21. The fourth-order valence-electron chi connectivity index (χ4n) is 2.26. The normalized spacial score (nSPS) is 14.8. The van der Waals surface area contributed by atoms with E-state index in [2.05, 4.69) is 29.1 Å². The van der Waals surface area contributed by atoms with E-state index in [4.69, 9.17) is 10.8 Å². The fourth-order valence-corrected chi connectivity index (χ4v) is 2.26. The van der Waals surface area contributed by atoms with Crippen LogP contribution in [0.15, 0.2) is 10.5 Å². The summed E-state index contributed by atoms with van der Waals surface area (Å²) in [6, 6.07) is 2.90. The van der Waals surface area contributed by atoms with E-state index < -0.39 is 0 Å². The summed E-state index contributed by atoms with van der Waals surface area (Å²) in [7, 11) is 0. The average Bonchev–Trinajstić information content (AvgIpc) is 3.13. The lowest BCUT2D eigenvalue weighted by atomic mass is 10.2. The number of nitrogens with one attached hydrogen (secondary N) is 1. The molecular formula is C16H24N2O. The summed E-state index contributed by atoms with van der Waals surface area (Å²) < 4.78 is 5.84. The number of hydrogen-bond donors (Lipinski definition) is 1. The summed E-state index contributed by atoms with van der Waals surface area (Å²) in [6.07, 6.45) is 9.14. The SMILES string of the molecule is C#CCN(CCC)Cc1cc(CNC2CC2)c(C)o1. The maximum atomic E-state index is 5.84. The van der Waals surface area contributed by atoms with Crippen LogP contribution in [0.25, 0.3) is 0 Å². The molecule has 3 nitrogen and oxygen atoms in total. The monoisotopic (exact) mass is 260 g/mol. The van der Waals surface area contributed by atoms with E-state index in [9.17, 15) is 0 Å². The first-order chi connectivity index (χ1) is 9.22. The molecule has 0 spiro atoms. The summed E-state index contributed by atoms with van der Waals surface area (Å²) in [4.78, 5) is 2.25. The van der Waals surface area contributed by atoms with Gasteiger partial charge >= 0.3 is 0 Å². The van der Waals surface area contributed by atoms with Crippen LogP contribution in [0.2, 0.25) is 0 Å². The van der Waals surface area contributed by atoms with Crippen LogP contribution in [-0.2, 0) is 13.1 Å². The molecule has 0 unspecified atom stereocenters. The standard InChI is InChI=1S/C16H24N2O/c1-4-8-18(9-5-2)12-16-10-14(13(3)19-16)11-17-15-6-7-15/h1,10,15,17H,5-9,11-12H2,2-3H3. The molecule has 1 aromatic rings. The van der Waals surface area contributed by atoms with Crippen LogP contribution in [0.1, 0.15) is 43.3 Å². The molecule has 1 aliphatic carbocycles. The summed E-state index contributed by atoms with van der Waals surface area (Å²) in [5, 5.41) is 3.52. The molecule has 0 aromatic carbocycles. The first kappa shape index (κ1) is 14.2. The van der Waals surface area contributed by atoms with Gasteiger partial charge in [-0.2, -0.15) is 0 Å². The molecule has 0 atom stereocenters. The van der Waals surface area contributed by atoms with Gasteiger partial charge in [-0.15, -0.1) is 6.42 Å². The molecule has 104 valence electrons. The van der Waals surface area contributed by atoms with Gasteiger partial charge in [0.15, 0.2) is 0 Å². The second-order valence-electron chi connectivity index (χ2n) is 5.36. The van der Waals surface area contributed by atoms with E-state index in [1.165, 1.54) is 18.4 Å². The molecule has 0 bridgehead atoms. The van der Waals surface area contributed by atoms with Crippen molar-refractivity contribution in [2.75, 3.05) is 13.1 Å². The molecule has 1 aliphatic rings. The minimum absolute atomic E-state index is 0.684. The summed E-state index contributed by atoms with van der Waals surface area (Å²) >= 11 is 0. The van der Waals surface area contributed by atoms with E-state index >= 15 is 0 Å². The fraction of sp³-hybridized carbons (Fsp3) is 0.625. The average molecular weight is 260 g/mol. The number of aryl methyl sites for hydroxylation is 1. The van der Waals surface area contributed by atoms with Crippen LogP contribution in [0, 0.1) is 19.3 Å². The van der Waals surface area contributed by atoms with Gasteiger partial charge < -0.3 is 9.73 Å². The van der Waals surface area contributed by atoms with Crippen LogP contribution in [0.3, 0.4) is 0 Å². The molecule has 1 aromatic heterocycles. The van der Waals surface area contributed by atoms with Gasteiger partial charge in [0.1, 0.15) is 11.5 Å². The van der Waals surface area contributed by atoms with Crippen molar-refractivity contribution >= 4 is 0 Å². The van der Waals surface area contributed by atoms with Crippen molar-refractivity contribution in [3.8, 4) is 12.3 Å². The lowest BCUT2D eigenvalue weighted by molar-refractivity contribution is 0.270. The minimum Gasteiger partial charge on any atom is -0.465 e. The molecule has 3 heteroatoms. The van der Waals surface area contributed by atoms with E-state index in [1.54, 1.807) is 0 Å². The topological polar surface area (TPSA) is 28.4 Å². The van der Waals surface area contributed by atoms with Crippen LogP contribution < -0.4 is 5.32 Å². The molecule has 1 N–H and O–H groups in total. The maximum Gasteiger partial charge on any atom is 0.118 e. The molecule has 1 saturated carbocycles. The molecule has 1 heterocycles. The second-order valence-corrected chi connectivity index (χ2v) is 5.36. The van der Waals surface area contributed by atoms with Crippen molar-refractivity contribution in [1.82, 2.24) is 10.2 Å².